The number of hydrogen-bond donors (Lipinski definition) is 1. The molecule has 0 fully saturated rings. The molecule has 2 unspecified atom stereocenters. The van der Waals surface area contributed by atoms with Crippen LogP contribution in [0.3, 0.4) is 0 Å². The van der Waals surface area contributed by atoms with E-state index in [2.05, 4.69) is 37.8 Å². The highest BCUT2D eigenvalue weighted by Gasteiger charge is 2.19. The molecule has 0 aliphatic carbocycles. The second-order valence-electron chi connectivity index (χ2n) is 4.42. The van der Waals surface area contributed by atoms with E-state index in [0.717, 1.165) is 12.8 Å². The molecule has 0 radical (unpaired) electrons. The molecule has 0 aliphatic rings. The van der Waals surface area contributed by atoms with Crippen LogP contribution in [-0.4, -0.2) is 10.1 Å². The van der Waals surface area contributed by atoms with Crippen LogP contribution >= 0.6 is 0 Å². The van der Waals surface area contributed by atoms with Crippen molar-refractivity contribution >= 4 is 0 Å². The normalized spacial score (nSPS) is 15.6. The molecule has 0 saturated carbocycles. The van der Waals surface area contributed by atoms with Crippen LogP contribution in [0.1, 0.15) is 64.2 Å². The van der Waals surface area contributed by atoms with E-state index in [0.29, 0.717) is 23.6 Å². The molecule has 0 bridgehead atoms. The summed E-state index contributed by atoms with van der Waals surface area (Å²) in [5.74, 6) is 2.13. The maximum atomic E-state index is 5.91. The Hall–Kier alpha value is -0.900. The van der Waals surface area contributed by atoms with Crippen molar-refractivity contribution in [1.29, 1.82) is 0 Å². The highest BCUT2D eigenvalue weighted by Crippen LogP contribution is 2.23. The number of hydrogen-bond acceptors (Lipinski definition) is 4. The van der Waals surface area contributed by atoms with E-state index in [1.54, 1.807) is 0 Å². The van der Waals surface area contributed by atoms with Gasteiger partial charge in [-0.25, -0.2) is 0 Å². The molecule has 1 aromatic rings. The summed E-state index contributed by atoms with van der Waals surface area (Å²) in [6.07, 6.45) is 1.93. The predicted molar refractivity (Wildman–Crippen MR) is 59.4 cm³/mol. The van der Waals surface area contributed by atoms with Gasteiger partial charge in [-0.3, -0.25) is 0 Å². The third kappa shape index (κ3) is 3.02. The van der Waals surface area contributed by atoms with Gasteiger partial charge in [0.1, 0.15) is 0 Å². The monoisotopic (exact) mass is 211 g/mol. The Balaban J connectivity index is 2.71. The fraction of sp³-hybridized carbons (Fsp3) is 0.818. The van der Waals surface area contributed by atoms with E-state index in [4.69, 9.17) is 10.3 Å². The lowest BCUT2D eigenvalue weighted by molar-refractivity contribution is 0.327. The Morgan fingerprint density at radius 3 is 2.53 bits per heavy atom. The molecule has 1 rings (SSSR count). The molecular weight excluding hydrogens is 190 g/mol. The van der Waals surface area contributed by atoms with E-state index < -0.39 is 0 Å². The smallest absolute Gasteiger partial charge is 0.229 e. The second-order valence-corrected chi connectivity index (χ2v) is 4.42. The highest BCUT2D eigenvalue weighted by atomic mass is 16.5. The third-order valence-corrected chi connectivity index (χ3v) is 2.78. The first-order valence-electron chi connectivity index (χ1n) is 5.65. The molecule has 1 aromatic heterocycles. The van der Waals surface area contributed by atoms with Crippen molar-refractivity contribution in [2.75, 3.05) is 0 Å². The Kier molecular flexibility index (Phi) is 4.27. The summed E-state index contributed by atoms with van der Waals surface area (Å²) < 4.78 is 5.21. The van der Waals surface area contributed by atoms with Gasteiger partial charge in [0.2, 0.25) is 5.89 Å². The van der Waals surface area contributed by atoms with Gasteiger partial charge >= 0.3 is 0 Å². The van der Waals surface area contributed by atoms with E-state index >= 15 is 0 Å². The third-order valence-electron chi connectivity index (χ3n) is 2.78. The van der Waals surface area contributed by atoms with Gasteiger partial charge in [-0.15, -0.1) is 0 Å². The summed E-state index contributed by atoms with van der Waals surface area (Å²) in [5, 5.41) is 3.93. The van der Waals surface area contributed by atoms with Gasteiger partial charge in [-0.2, -0.15) is 4.98 Å². The van der Waals surface area contributed by atoms with Gasteiger partial charge in [-0.05, 0) is 12.3 Å². The minimum atomic E-state index is -0.0909. The van der Waals surface area contributed by atoms with Gasteiger partial charge in [0.25, 0.3) is 0 Å². The number of rotatable bonds is 5. The molecule has 86 valence electrons. The van der Waals surface area contributed by atoms with E-state index in [1.807, 2.05) is 0 Å². The van der Waals surface area contributed by atoms with Crippen molar-refractivity contribution < 1.29 is 4.52 Å². The first-order chi connectivity index (χ1) is 7.06. The molecule has 0 aromatic carbocycles. The van der Waals surface area contributed by atoms with Crippen LogP contribution in [0, 0.1) is 5.92 Å². The molecule has 4 nitrogen and oxygen atoms in total. The van der Waals surface area contributed by atoms with Gasteiger partial charge in [0, 0.05) is 5.92 Å². The largest absolute Gasteiger partial charge is 0.339 e. The maximum absolute atomic E-state index is 5.91. The molecule has 15 heavy (non-hydrogen) atoms. The van der Waals surface area contributed by atoms with Crippen molar-refractivity contribution in [1.82, 2.24) is 10.1 Å². The SMILES string of the molecule is CCCC(N)c1noc(C(C)C(C)C)n1. The molecule has 0 saturated heterocycles. The molecule has 0 aliphatic heterocycles. The van der Waals surface area contributed by atoms with Gasteiger partial charge < -0.3 is 10.3 Å². The maximum Gasteiger partial charge on any atom is 0.229 e. The zero-order valence-electron chi connectivity index (χ0n) is 10.0. The van der Waals surface area contributed by atoms with Crippen molar-refractivity contribution in [2.45, 2.75) is 52.5 Å². The topological polar surface area (TPSA) is 64.9 Å². The molecule has 2 N–H and O–H groups in total. The standard InChI is InChI=1S/C11H21N3O/c1-5-6-9(12)10-13-11(15-14-10)8(4)7(2)3/h7-9H,5-6,12H2,1-4H3. The quantitative estimate of drug-likeness (QED) is 0.813. The van der Waals surface area contributed by atoms with Gasteiger partial charge in [-0.1, -0.05) is 39.3 Å². The van der Waals surface area contributed by atoms with Crippen molar-refractivity contribution in [3.63, 3.8) is 0 Å². The van der Waals surface area contributed by atoms with Crippen LogP contribution in [0.25, 0.3) is 0 Å². The highest BCUT2D eigenvalue weighted by molar-refractivity contribution is 4.97. The van der Waals surface area contributed by atoms with Crippen LogP contribution < -0.4 is 5.73 Å². The Bertz CT molecular complexity index is 296. The average molecular weight is 211 g/mol. The molecule has 0 amide bonds. The summed E-state index contributed by atoms with van der Waals surface area (Å²) in [6.45, 7) is 8.46. The van der Waals surface area contributed by atoms with E-state index in [-0.39, 0.29) is 6.04 Å². The molecule has 2 atom stereocenters. The number of nitrogens with zero attached hydrogens (tertiary/aromatic N) is 2. The average Bonchev–Trinajstić information content (AvgIpc) is 2.65. The molecule has 0 spiro atoms. The first-order valence-corrected chi connectivity index (χ1v) is 5.65. The molecular formula is C11H21N3O. The Morgan fingerprint density at radius 1 is 1.33 bits per heavy atom. The zero-order valence-corrected chi connectivity index (χ0v) is 10.0. The summed E-state index contributed by atoms with van der Waals surface area (Å²) in [7, 11) is 0. The summed E-state index contributed by atoms with van der Waals surface area (Å²) in [6, 6.07) is -0.0909. The second kappa shape index (κ2) is 5.26. The number of aromatic nitrogens is 2. The van der Waals surface area contributed by atoms with Crippen LogP contribution in [0.15, 0.2) is 4.52 Å². The fourth-order valence-electron chi connectivity index (χ4n) is 1.31. The lowest BCUT2D eigenvalue weighted by atomic mass is 9.98. The summed E-state index contributed by atoms with van der Waals surface area (Å²) >= 11 is 0. The zero-order chi connectivity index (χ0) is 11.4. The fourth-order valence-corrected chi connectivity index (χ4v) is 1.31. The summed E-state index contributed by atoms with van der Waals surface area (Å²) in [5.41, 5.74) is 5.91. The van der Waals surface area contributed by atoms with Crippen molar-refractivity contribution in [3.05, 3.63) is 11.7 Å². The van der Waals surface area contributed by atoms with Gasteiger partial charge in [0.15, 0.2) is 5.82 Å². The van der Waals surface area contributed by atoms with E-state index in [1.165, 1.54) is 0 Å². The predicted octanol–water partition coefficient (Wildman–Crippen LogP) is 2.63. The first kappa shape index (κ1) is 12.2. The van der Waals surface area contributed by atoms with Gasteiger partial charge in [0.05, 0.1) is 6.04 Å². The van der Waals surface area contributed by atoms with E-state index in [9.17, 15) is 0 Å². The molecule has 4 heteroatoms. The van der Waals surface area contributed by atoms with Crippen molar-refractivity contribution in [2.24, 2.45) is 11.7 Å². The van der Waals surface area contributed by atoms with Crippen LogP contribution in [0.2, 0.25) is 0 Å². The molecule has 1 heterocycles. The Labute approximate surface area is 91.2 Å². The Morgan fingerprint density at radius 2 is 2.00 bits per heavy atom. The lowest BCUT2D eigenvalue weighted by Gasteiger charge is -2.09. The minimum absolute atomic E-state index is 0.0909. The van der Waals surface area contributed by atoms with Crippen molar-refractivity contribution in [3.8, 4) is 0 Å². The summed E-state index contributed by atoms with van der Waals surface area (Å²) in [4.78, 5) is 4.35. The van der Waals surface area contributed by atoms with Crippen LogP contribution in [-0.2, 0) is 0 Å². The van der Waals surface area contributed by atoms with Crippen LogP contribution in [0.4, 0.5) is 0 Å². The minimum Gasteiger partial charge on any atom is -0.339 e. The lowest BCUT2D eigenvalue weighted by Crippen LogP contribution is -2.12. The van der Waals surface area contributed by atoms with Crippen LogP contribution in [0.5, 0.6) is 0 Å². The number of nitrogens with two attached hydrogens (primary N) is 1.